The molecule has 0 radical (unpaired) electrons. The highest BCUT2D eigenvalue weighted by atomic mass is 16.5. The molecular formula is C9H13NO. The Hall–Kier alpha value is -0.340. The number of ether oxygens (including phenoxy) is 1. The Morgan fingerprint density at radius 1 is 1.64 bits per heavy atom. The molecule has 2 nitrogen and oxygen atoms in total. The Balaban J connectivity index is 2.07. The van der Waals surface area contributed by atoms with E-state index in [1.54, 1.807) is 0 Å². The quantitative estimate of drug-likeness (QED) is 0.514. The molecule has 2 fully saturated rings. The van der Waals surface area contributed by atoms with Gasteiger partial charge in [-0.2, -0.15) is 0 Å². The molecule has 0 saturated carbocycles. The summed E-state index contributed by atoms with van der Waals surface area (Å²) in [6.07, 6.45) is 6.16. The van der Waals surface area contributed by atoms with Gasteiger partial charge < -0.3 is 10.1 Å². The highest BCUT2D eigenvalue weighted by Crippen LogP contribution is 2.47. The van der Waals surface area contributed by atoms with E-state index < -0.39 is 0 Å². The third kappa shape index (κ3) is 0.565. The van der Waals surface area contributed by atoms with Crippen molar-refractivity contribution in [3.63, 3.8) is 0 Å². The summed E-state index contributed by atoms with van der Waals surface area (Å²) in [5, 5.41) is 3.46. The number of rotatable bonds is 0. The molecule has 1 N–H and O–H groups in total. The second-order valence-electron chi connectivity index (χ2n) is 3.93. The average Bonchev–Trinajstić information content (AvgIpc) is 2.62. The molecule has 4 unspecified atom stereocenters. The Labute approximate surface area is 66.6 Å². The summed E-state index contributed by atoms with van der Waals surface area (Å²) in [5.41, 5.74) is 0.0880. The van der Waals surface area contributed by atoms with Gasteiger partial charge in [0.2, 0.25) is 0 Å². The van der Waals surface area contributed by atoms with Crippen LogP contribution in [0, 0.1) is 5.92 Å². The number of nitrogens with one attached hydrogen (secondary N) is 1. The van der Waals surface area contributed by atoms with Gasteiger partial charge in [0.15, 0.2) is 0 Å². The summed E-state index contributed by atoms with van der Waals surface area (Å²) >= 11 is 0. The number of hydrogen-bond donors (Lipinski definition) is 1. The Morgan fingerprint density at radius 2 is 2.55 bits per heavy atom. The van der Waals surface area contributed by atoms with E-state index >= 15 is 0 Å². The standard InChI is InChI=1S/C9H13NO/c1-6-9-3-2-8(11-9)4-7(9)5-10-6/h2-3,6-8,10H,4-5H2,1H3. The normalized spacial score (nSPS) is 58.8. The van der Waals surface area contributed by atoms with Crippen LogP contribution in [0.4, 0.5) is 0 Å². The zero-order valence-corrected chi connectivity index (χ0v) is 6.71. The summed E-state index contributed by atoms with van der Waals surface area (Å²) < 4.78 is 5.92. The molecule has 3 rings (SSSR count). The van der Waals surface area contributed by atoms with Crippen LogP contribution >= 0.6 is 0 Å². The smallest absolute Gasteiger partial charge is 0.106 e. The van der Waals surface area contributed by atoms with Crippen molar-refractivity contribution < 1.29 is 4.74 Å². The summed E-state index contributed by atoms with van der Waals surface area (Å²) in [4.78, 5) is 0. The van der Waals surface area contributed by atoms with E-state index in [1.165, 1.54) is 6.42 Å². The van der Waals surface area contributed by atoms with Gasteiger partial charge in [-0.15, -0.1) is 0 Å². The molecule has 3 aliphatic rings. The fourth-order valence-electron chi connectivity index (χ4n) is 2.74. The van der Waals surface area contributed by atoms with Crippen LogP contribution in [0.25, 0.3) is 0 Å². The molecule has 3 aliphatic heterocycles. The first-order valence-electron chi connectivity index (χ1n) is 4.42. The van der Waals surface area contributed by atoms with E-state index in [9.17, 15) is 0 Å². The maximum atomic E-state index is 5.92. The van der Waals surface area contributed by atoms with Crippen molar-refractivity contribution in [2.45, 2.75) is 31.1 Å². The van der Waals surface area contributed by atoms with E-state index in [4.69, 9.17) is 4.74 Å². The first-order chi connectivity index (χ1) is 5.31. The Bertz CT molecular complexity index is 226. The first-order valence-corrected chi connectivity index (χ1v) is 4.42. The van der Waals surface area contributed by atoms with Gasteiger partial charge in [0.1, 0.15) is 5.60 Å². The van der Waals surface area contributed by atoms with Gasteiger partial charge in [0, 0.05) is 18.5 Å². The van der Waals surface area contributed by atoms with Crippen LogP contribution < -0.4 is 5.32 Å². The van der Waals surface area contributed by atoms with Crippen LogP contribution in [-0.4, -0.2) is 24.3 Å². The van der Waals surface area contributed by atoms with Crippen LogP contribution in [0.2, 0.25) is 0 Å². The van der Waals surface area contributed by atoms with Gasteiger partial charge in [-0.3, -0.25) is 0 Å². The minimum atomic E-state index is 0.0880. The zero-order valence-electron chi connectivity index (χ0n) is 6.71. The van der Waals surface area contributed by atoms with Crippen molar-refractivity contribution in [1.82, 2.24) is 5.32 Å². The summed E-state index contributed by atoms with van der Waals surface area (Å²) in [6, 6.07) is 0.510. The molecule has 4 atom stereocenters. The van der Waals surface area contributed by atoms with Gasteiger partial charge in [-0.1, -0.05) is 12.2 Å². The summed E-state index contributed by atoms with van der Waals surface area (Å²) in [6.45, 7) is 3.36. The molecule has 0 aromatic carbocycles. The monoisotopic (exact) mass is 151 g/mol. The summed E-state index contributed by atoms with van der Waals surface area (Å²) in [5.74, 6) is 0.743. The lowest BCUT2D eigenvalue weighted by Gasteiger charge is -2.26. The Morgan fingerprint density at radius 3 is 3.27 bits per heavy atom. The van der Waals surface area contributed by atoms with Crippen LogP contribution in [0.15, 0.2) is 12.2 Å². The molecule has 0 aliphatic carbocycles. The lowest BCUT2D eigenvalue weighted by atomic mass is 9.82. The SMILES string of the molecule is CC1NCC2CC3C=CC21O3. The highest BCUT2D eigenvalue weighted by molar-refractivity contribution is 5.26. The maximum Gasteiger partial charge on any atom is 0.106 e. The zero-order chi connectivity index (χ0) is 7.47. The molecule has 0 amide bonds. The number of hydrogen-bond acceptors (Lipinski definition) is 2. The molecule has 2 bridgehead atoms. The fourth-order valence-corrected chi connectivity index (χ4v) is 2.74. The van der Waals surface area contributed by atoms with Gasteiger partial charge in [0.05, 0.1) is 6.10 Å². The van der Waals surface area contributed by atoms with Gasteiger partial charge >= 0.3 is 0 Å². The van der Waals surface area contributed by atoms with Crippen LogP contribution in [0.1, 0.15) is 13.3 Å². The number of fused-ring (bicyclic) bond motifs is 1. The minimum absolute atomic E-state index is 0.0880. The molecule has 11 heavy (non-hydrogen) atoms. The molecule has 60 valence electrons. The van der Waals surface area contributed by atoms with Crippen molar-refractivity contribution >= 4 is 0 Å². The van der Waals surface area contributed by atoms with Crippen LogP contribution in [0.5, 0.6) is 0 Å². The second-order valence-corrected chi connectivity index (χ2v) is 3.93. The van der Waals surface area contributed by atoms with Crippen molar-refractivity contribution in [2.24, 2.45) is 5.92 Å². The maximum absolute atomic E-state index is 5.92. The van der Waals surface area contributed by atoms with E-state index in [2.05, 4.69) is 24.4 Å². The molecule has 2 saturated heterocycles. The second kappa shape index (κ2) is 1.70. The average molecular weight is 151 g/mol. The minimum Gasteiger partial charge on any atom is -0.362 e. The van der Waals surface area contributed by atoms with Crippen molar-refractivity contribution in [2.75, 3.05) is 6.54 Å². The highest BCUT2D eigenvalue weighted by Gasteiger charge is 2.56. The van der Waals surface area contributed by atoms with Gasteiger partial charge in [0.25, 0.3) is 0 Å². The van der Waals surface area contributed by atoms with Crippen molar-refractivity contribution in [3.05, 3.63) is 12.2 Å². The summed E-state index contributed by atoms with van der Waals surface area (Å²) in [7, 11) is 0. The van der Waals surface area contributed by atoms with E-state index in [1.807, 2.05) is 0 Å². The predicted molar refractivity (Wildman–Crippen MR) is 42.3 cm³/mol. The van der Waals surface area contributed by atoms with Crippen LogP contribution in [-0.2, 0) is 4.74 Å². The Kier molecular flexibility index (Phi) is 0.958. The molecule has 2 heteroatoms. The topological polar surface area (TPSA) is 21.3 Å². The van der Waals surface area contributed by atoms with Crippen molar-refractivity contribution in [3.8, 4) is 0 Å². The molecular weight excluding hydrogens is 138 g/mol. The van der Waals surface area contributed by atoms with E-state index in [0.29, 0.717) is 12.1 Å². The van der Waals surface area contributed by atoms with Crippen LogP contribution in [0.3, 0.4) is 0 Å². The lowest BCUT2D eigenvalue weighted by molar-refractivity contribution is 0.0125. The largest absolute Gasteiger partial charge is 0.362 e. The van der Waals surface area contributed by atoms with Gasteiger partial charge in [-0.25, -0.2) is 0 Å². The fraction of sp³-hybridized carbons (Fsp3) is 0.778. The van der Waals surface area contributed by atoms with E-state index in [-0.39, 0.29) is 5.60 Å². The van der Waals surface area contributed by atoms with E-state index in [0.717, 1.165) is 12.5 Å². The molecule has 1 spiro atoms. The molecule has 3 heterocycles. The predicted octanol–water partition coefficient (Wildman–Crippen LogP) is 0.692. The lowest BCUT2D eigenvalue weighted by Crippen LogP contribution is -2.40. The van der Waals surface area contributed by atoms with Gasteiger partial charge in [-0.05, 0) is 13.3 Å². The third-order valence-electron chi connectivity index (χ3n) is 3.43. The molecule has 0 aromatic heterocycles. The first kappa shape index (κ1) is 6.21. The third-order valence-corrected chi connectivity index (χ3v) is 3.43. The molecule has 0 aromatic rings. The van der Waals surface area contributed by atoms with Crippen molar-refractivity contribution in [1.29, 1.82) is 0 Å².